The van der Waals surface area contributed by atoms with Crippen molar-refractivity contribution in [2.75, 3.05) is 13.2 Å². The van der Waals surface area contributed by atoms with Crippen LogP contribution in [0.5, 0.6) is 0 Å². The molecule has 0 aromatic carbocycles. The van der Waals surface area contributed by atoms with Crippen molar-refractivity contribution in [3.05, 3.63) is 0 Å². The highest BCUT2D eigenvalue weighted by Crippen LogP contribution is 2.39. The molecule has 0 heterocycles. The van der Waals surface area contributed by atoms with E-state index in [-0.39, 0.29) is 17.2 Å². The molecule has 16 heavy (non-hydrogen) atoms. The van der Waals surface area contributed by atoms with Crippen molar-refractivity contribution in [3.63, 3.8) is 0 Å². The Bertz CT molecular complexity index is 210. The summed E-state index contributed by atoms with van der Waals surface area (Å²) in [4.78, 5) is 10.1. The molecule has 0 unspecified atom stereocenters. The molecular formula is C12H29NO2Si. The molecule has 0 spiro atoms. The van der Waals surface area contributed by atoms with E-state index in [0.717, 1.165) is 19.4 Å². The second kappa shape index (κ2) is 5.62. The van der Waals surface area contributed by atoms with Crippen molar-refractivity contribution in [1.82, 2.24) is 5.32 Å². The Labute approximate surface area is 101 Å². The minimum absolute atomic E-state index is 0.0536. The van der Waals surface area contributed by atoms with Crippen LogP contribution >= 0.6 is 0 Å². The zero-order valence-corrected chi connectivity index (χ0v) is 12.7. The Kier molecular flexibility index (Phi) is 5.66. The van der Waals surface area contributed by atoms with Crippen LogP contribution in [-0.4, -0.2) is 36.9 Å². The fourth-order valence-corrected chi connectivity index (χ4v) is 2.11. The van der Waals surface area contributed by atoms with Gasteiger partial charge in [-0.3, -0.25) is 0 Å². The zero-order chi connectivity index (χ0) is 13.0. The lowest BCUT2D eigenvalue weighted by Gasteiger charge is -2.35. The molecule has 0 amide bonds. The van der Waals surface area contributed by atoms with E-state index in [2.05, 4.69) is 19.2 Å². The smallest absolute Gasteiger partial charge is 0.188 e. The quantitative estimate of drug-likeness (QED) is 0.477. The van der Waals surface area contributed by atoms with Crippen molar-refractivity contribution in [2.45, 2.75) is 64.2 Å². The van der Waals surface area contributed by atoms with Crippen LogP contribution in [0.25, 0.3) is 0 Å². The van der Waals surface area contributed by atoms with E-state index < -0.39 is 8.32 Å². The van der Waals surface area contributed by atoms with Gasteiger partial charge in [0.2, 0.25) is 0 Å². The molecule has 4 heteroatoms. The average molecular weight is 247 g/mol. The van der Waals surface area contributed by atoms with Gasteiger partial charge in [-0.05, 0) is 51.4 Å². The van der Waals surface area contributed by atoms with Crippen LogP contribution < -0.4 is 5.32 Å². The second-order valence-electron chi connectivity index (χ2n) is 6.52. The van der Waals surface area contributed by atoms with E-state index in [1.807, 2.05) is 26.9 Å². The van der Waals surface area contributed by atoms with E-state index in [1.54, 1.807) is 0 Å². The van der Waals surface area contributed by atoms with Crippen LogP contribution in [0.2, 0.25) is 18.1 Å². The normalized spacial score (nSPS) is 14.2. The Morgan fingerprint density at radius 1 is 1.12 bits per heavy atom. The van der Waals surface area contributed by atoms with Gasteiger partial charge >= 0.3 is 0 Å². The predicted molar refractivity (Wildman–Crippen MR) is 72.1 cm³/mol. The van der Waals surface area contributed by atoms with Crippen LogP contribution in [0.3, 0.4) is 0 Å². The second-order valence-corrected chi connectivity index (χ2v) is 11.0. The number of nitrogens with one attached hydrogen (secondary N) is 1. The fourth-order valence-electron chi connectivity index (χ4n) is 1.32. The van der Waals surface area contributed by atoms with Crippen LogP contribution in [0.1, 0.15) is 40.5 Å². The third-order valence-corrected chi connectivity index (χ3v) is 7.20. The van der Waals surface area contributed by atoms with Crippen LogP contribution in [0.15, 0.2) is 0 Å². The zero-order valence-electron chi connectivity index (χ0n) is 11.7. The van der Waals surface area contributed by atoms with E-state index >= 15 is 0 Å². The Morgan fingerprint density at radius 2 is 1.62 bits per heavy atom. The molecule has 0 aliphatic carbocycles. The van der Waals surface area contributed by atoms with Crippen LogP contribution in [0, 0.1) is 0 Å². The fraction of sp³-hybridized carbons (Fsp3) is 1.00. The van der Waals surface area contributed by atoms with Gasteiger partial charge in [0.1, 0.15) is 0 Å². The predicted octanol–water partition coefficient (Wildman–Crippen LogP) is 2.10. The number of aliphatic hydroxyl groups excluding tert-OH is 1. The molecule has 0 saturated carbocycles. The van der Waals surface area contributed by atoms with Gasteiger partial charge in [-0.15, -0.1) is 0 Å². The topological polar surface area (TPSA) is 52.5 Å². The largest absolute Gasteiger partial charge is 0.432 e. The molecular weight excluding hydrogens is 218 g/mol. The molecule has 3 N–H and O–H groups in total. The summed E-state index contributed by atoms with van der Waals surface area (Å²) in [5, 5.41) is 12.5. The summed E-state index contributed by atoms with van der Waals surface area (Å²) in [7, 11) is -2.07. The number of rotatable bonds is 7. The maximum atomic E-state index is 10.1. The van der Waals surface area contributed by atoms with Crippen molar-refractivity contribution >= 4 is 8.32 Å². The summed E-state index contributed by atoms with van der Waals surface area (Å²) >= 11 is 0. The lowest BCUT2D eigenvalue weighted by atomic mass is 10.0. The van der Waals surface area contributed by atoms with Gasteiger partial charge in [0.05, 0.1) is 6.61 Å². The van der Waals surface area contributed by atoms with Gasteiger partial charge in [-0.2, -0.15) is 0 Å². The Balaban J connectivity index is 3.92. The molecule has 0 aliphatic heterocycles. The molecule has 0 aromatic heterocycles. The van der Waals surface area contributed by atoms with Crippen molar-refractivity contribution < 1.29 is 9.90 Å². The molecule has 98 valence electrons. The van der Waals surface area contributed by atoms with Gasteiger partial charge in [-0.25, -0.2) is 0 Å². The first-order chi connectivity index (χ1) is 7.02. The van der Waals surface area contributed by atoms with Gasteiger partial charge in [-0.1, -0.05) is 13.8 Å². The summed E-state index contributed by atoms with van der Waals surface area (Å²) in [6.45, 7) is 13.3. The van der Waals surface area contributed by atoms with Gasteiger partial charge in [0, 0.05) is 5.54 Å². The van der Waals surface area contributed by atoms with E-state index in [9.17, 15) is 4.80 Å². The van der Waals surface area contributed by atoms with Crippen molar-refractivity contribution in [1.29, 1.82) is 0 Å². The molecule has 0 saturated heterocycles. The third kappa shape index (κ3) is 5.43. The minimum atomic E-state index is -2.07. The molecule has 0 aliphatic rings. The first-order valence-corrected chi connectivity index (χ1v) is 9.05. The minimum Gasteiger partial charge on any atom is -0.432 e. The SMILES string of the molecule is CC(C)(CO)NCCCC(C)(C)[Si](C)(C)O. The molecule has 0 fully saturated rings. The number of hydrogen-bond acceptors (Lipinski definition) is 3. The molecule has 0 rings (SSSR count). The van der Waals surface area contributed by atoms with Crippen molar-refractivity contribution in [3.8, 4) is 0 Å². The molecule has 0 bridgehead atoms. The lowest BCUT2D eigenvalue weighted by Crippen LogP contribution is -2.44. The summed E-state index contributed by atoms with van der Waals surface area (Å²) < 4.78 is 0. The van der Waals surface area contributed by atoms with Crippen LogP contribution in [0.4, 0.5) is 0 Å². The summed E-state index contributed by atoms with van der Waals surface area (Å²) in [6.07, 6.45) is 2.06. The van der Waals surface area contributed by atoms with Crippen molar-refractivity contribution in [2.24, 2.45) is 0 Å². The summed E-state index contributed by atoms with van der Waals surface area (Å²) in [5.74, 6) is 0. The average Bonchev–Trinajstić information content (AvgIpc) is 2.11. The highest BCUT2D eigenvalue weighted by molar-refractivity contribution is 6.72. The maximum absolute atomic E-state index is 10.1. The monoisotopic (exact) mass is 247 g/mol. The first-order valence-electron chi connectivity index (χ1n) is 6.10. The standard InChI is InChI=1S/C12H29NO2Si/c1-11(2,10-14)13-9-7-8-12(3,4)16(5,6)15/h13-15H,7-10H2,1-6H3. The summed E-state index contributed by atoms with van der Waals surface area (Å²) in [5.41, 5.74) is -0.198. The Hall–Kier alpha value is 0.0969. The number of aliphatic hydroxyl groups is 1. The Morgan fingerprint density at radius 3 is 2.00 bits per heavy atom. The molecule has 3 nitrogen and oxygen atoms in total. The van der Waals surface area contributed by atoms with Gasteiger partial charge < -0.3 is 15.2 Å². The van der Waals surface area contributed by atoms with Crippen LogP contribution in [-0.2, 0) is 0 Å². The number of hydrogen-bond donors (Lipinski definition) is 3. The molecule has 0 radical (unpaired) electrons. The summed E-state index contributed by atoms with van der Waals surface area (Å²) in [6, 6.07) is 0. The highest BCUT2D eigenvalue weighted by atomic mass is 28.4. The van der Waals surface area contributed by atoms with E-state index in [4.69, 9.17) is 5.11 Å². The van der Waals surface area contributed by atoms with E-state index in [1.165, 1.54) is 0 Å². The van der Waals surface area contributed by atoms with Gasteiger partial charge in [0.15, 0.2) is 8.32 Å². The van der Waals surface area contributed by atoms with Gasteiger partial charge in [0.25, 0.3) is 0 Å². The van der Waals surface area contributed by atoms with E-state index in [0.29, 0.717) is 0 Å². The molecule has 0 aromatic rings. The lowest BCUT2D eigenvalue weighted by molar-refractivity contribution is 0.188. The highest BCUT2D eigenvalue weighted by Gasteiger charge is 2.37. The molecule has 0 atom stereocenters. The first kappa shape index (κ1) is 16.1. The third-order valence-electron chi connectivity index (χ3n) is 3.63. The maximum Gasteiger partial charge on any atom is 0.188 e.